The highest BCUT2D eigenvalue weighted by Crippen LogP contribution is 2.26. The molecule has 33 heavy (non-hydrogen) atoms. The number of ether oxygens (including phenoxy) is 3. The molecule has 0 aliphatic carbocycles. The van der Waals surface area contributed by atoms with Gasteiger partial charge in [0.05, 0.1) is 30.8 Å². The zero-order chi connectivity index (χ0) is 23.4. The number of nitrogens with two attached hydrogens (primary N) is 1. The fourth-order valence-electron chi connectivity index (χ4n) is 3.52. The number of benzene rings is 1. The molecule has 3 aromatic rings. The first-order chi connectivity index (χ1) is 16.0. The Balaban J connectivity index is 1.54. The van der Waals surface area contributed by atoms with Crippen LogP contribution in [0.25, 0.3) is 0 Å². The molecular formula is C24H24N6O3. The lowest BCUT2D eigenvalue weighted by molar-refractivity contribution is 0.138. The van der Waals surface area contributed by atoms with E-state index in [-0.39, 0.29) is 23.3 Å². The van der Waals surface area contributed by atoms with Crippen LogP contribution in [0.1, 0.15) is 39.9 Å². The first-order valence-corrected chi connectivity index (χ1v) is 10.5. The second-order valence-electron chi connectivity index (χ2n) is 7.80. The van der Waals surface area contributed by atoms with Gasteiger partial charge in [0.15, 0.2) is 0 Å². The predicted molar refractivity (Wildman–Crippen MR) is 121 cm³/mol. The number of nitrogens with zero attached hydrogens (tertiary/aromatic N) is 4. The van der Waals surface area contributed by atoms with Crippen LogP contribution in [0.4, 0.5) is 5.69 Å². The number of nitriles is 1. The van der Waals surface area contributed by atoms with E-state index in [4.69, 9.17) is 25.4 Å². The molecule has 0 bridgehead atoms. The number of anilines is 1. The number of rotatable bonds is 7. The number of nitrogen functional groups attached to an aromatic ring is 1. The van der Waals surface area contributed by atoms with Crippen molar-refractivity contribution in [2.24, 2.45) is 0 Å². The molecule has 1 atom stereocenters. The van der Waals surface area contributed by atoms with Gasteiger partial charge in [0.1, 0.15) is 30.1 Å². The summed E-state index contributed by atoms with van der Waals surface area (Å²) in [7, 11) is 0. The molecule has 3 heterocycles. The van der Waals surface area contributed by atoms with Crippen LogP contribution in [0.3, 0.4) is 0 Å². The van der Waals surface area contributed by atoms with Crippen LogP contribution in [0.15, 0.2) is 36.7 Å². The van der Waals surface area contributed by atoms with Crippen molar-refractivity contribution in [1.82, 2.24) is 15.2 Å². The van der Waals surface area contributed by atoms with Crippen LogP contribution in [0.2, 0.25) is 0 Å². The summed E-state index contributed by atoms with van der Waals surface area (Å²) in [5.74, 6) is 0.806. The highest BCUT2D eigenvalue weighted by Gasteiger charge is 2.21. The molecule has 4 rings (SSSR count). The van der Waals surface area contributed by atoms with Gasteiger partial charge in [-0.2, -0.15) is 15.5 Å². The van der Waals surface area contributed by atoms with Gasteiger partial charge in [0.2, 0.25) is 5.88 Å². The molecule has 1 saturated heterocycles. The van der Waals surface area contributed by atoms with Crippen LogP contribution in [0.5, 0.6) is 11.6 Å². The Morgan fingerprint density at radius 3 is 2.88 bits per heavy atom. The molecule has 1 aromatic carbocycles. The van der Waals surface area contributed by atoms with Crippen molar-refractivity contribution in [3.05, 3.63) is 70.2 Å². The van der Waals surface area contributed by atoms with Crippen molar-refractivity contribution in [1.29, 1.82) is 10.7 Å². The number of hydrogen-bond donors (Lipinski definition) is 2. The lowest BCUT2D eigenvalue weighted by Gasteiger charge is -2.15. The fraction of sp³-hybridized carbons (Fsp3) is 0.292. The topological polar surface area (TPSA) is 140 Å². The monoisotopic (exact) mass is 444 g/mol. The van der Waals surface area contributed by atoms with Crippen molar-refractivity contribution in [3.8, 4) is 17.7 Å². The molecule has 1 aliphatic heterocycles. The van der Waals surface area contributed by atoms with E-state index < -0.39 is 0 Å². The van der Waals surface area contributed by atoms with Crippen molar-refractivity contribution in [3.63, 3.8) is 0 Å². The van der Waals surface area contributed by atoms with Crippen molar-refractivity contribution in [2.45, 2.75) is 33.0 Å². The van der Waals surface area contributed by atoms with Gasteiger partial charge in [-0.05, 0) is 43.7 Å². The Kier molecular flexibility index (Phi) is 6.47. The second kappa shape index (κ2) is 9.63. The molecule has 0 radical (unpaired) electrons. The molecule has 168 valence electrons. The SMILES string of the molecule is Cc1cnnc(C)c1COc1ccc(N)c(C(=N)c2cnc(OC3CCOC3)c(C#N)c2)c1. The minimum absolute atomic E-state index is 0.123. The quantitative estimate of drug-likeness (QED) is 0.418. The van der Waals surface area contributed by atoms with E-state index in [9.17, 15) is 5.26 Å². The Bertz CT molecular complexity index is 1210. The fourth-order valence-corrected chi connectivity index (χ4v) is 3.52. The third-order valence-corrected chi connectivity index (χ3v) is 5.48. The average Bonchev–Trinajstić information content (AvgIpc) is 3.32. The summed E-state index contributed by atoms with van der Waals surface area (Å²) in [6.07, 6.45) is 3.84. The molecule has 3 N–H and O–H groups in total. The number of aryl methyl sites for hydroxylation is 2. The molecule has 1 fully saturated rings. The summed E-state index contributed by atoms with van der Waals surface area (Å²) >= 11 is 0. The molecule has 0 spiro atoms. The van der Waals surface area contributed by atoms with Crippen LogP contribution in [-0.2, 0) is 11.3 Å². The number of hydrogen-bond acceptors (Lipinski definition) is 9. The number of pyridine rings is 1. The van der Waals surface area contributed by atoms with Gasteiger partial charge in [-0.15, -0.1) is 0 Å². The molecule has 1 aliphatic rings. The van der Waals surface area contributed by atoms with Crippen molar-refractivity contribution in [2.75, 3.05) is 18.9 Å². The van der Waals surface area contributed by atoms with Crippen LogP contribution < -0.4 is 15.2 Å². The molecule has 0 amide bonds. The molecular weight excluding hydrogens is 420 g/mol. The molecule has 9 heteroatoms. The summed E-state index contributed by atoms with van der Waals surface area (Å²) in [6.45, 7) is 5.26. The summed E-state index contributed by atoms with van der Waals surface area (Å²) in [4.78, 5) is 4.28. The maximum atomic E-state index is 9.56. The van der Waals surface area contributed by atoms with Crippen molar-refractivity contribution < 1.29 is 14.2 Å². The zero-order valence-corrected chi connectivity index (χ0v) is 18.5. The lowest BCUT2D eigenvalue weighted by atomic mass is 10.0. The summed E-state index contributed by atoms with van der Waals surface area (Å²) in [6, 6.07) is 8.85. The normalized spacial score (nSPS) is 15.1. The zero-order valence-electron chi connectivity index (χ0n) is 18.5. The third-order valence-electron chi connectivity index (χ3n) is 5.48. The Morgan fingerprint density at radius 2 is 2.15 bits per heavy atom. The van der Waals surface area contributed by atoms with Crippen LogP contribution in [0, 0.1) is 30.6 Å². The second-order valence-corrected chi connectivity index (χ2v) is 7.80. The smallest absolute Gasteiger partial charge is 0.232 e. The van der Waals surface area contributed by atoms with Gasteiger partial charge in [0.25, 0.3) is 0 Å². The molecule has 2 aromatic heterocycles. The van der Waals surface area contributed by atoms with E-state index in [2.05, 4.69) is 21.3 Å². The molecule has 1 unspecified atom stereocenters. The van der Waals surface area contributed by atoms with Gasteiger partial charge >= 0.3 is 0 Å². The van der Waals surface area contributed by atoms with Gasteiger partial charge < -0.3 is 19.9 Å². The van der Waals surface area contributed by atoms with E-state index >= 15 is 0 Å². The maximum absolute atomic E-state index is 9.56. The standard InChI is InChI=1S/C24H24N6O3/c1-14-10-29-30-15(2)21(14)13-32-18-3-4-22(26)20(8-18)23(27)17-7-16(9-25)24(28-11-17)33-19-5-6-31-12-19/h3-4,7-8,10-11,19,27H,5-6,12-13,26H2,1-2H3. The first kappa shape index (κ1) is 22.2. The minimum Gasteiger partial charge on any atom is -0.489 e. The summed E-state index contributed by atoms with van der Waals surface area (Å²) in [5.41, 5.74) is 10.7. The van der Waals surface area contributed by atoms with E-state index in [0.29, 0.717) is 42.4 Å². The van der Waals surface area contributed by atoms with Gasteiger partial charge in [-0.1, -0.05) is 0 Å². The Labute approximate surface area is 191 Å². The van der Waals surface area contributed by atoms with E-state index in [1.165, 1.54) is 6.20 Å². The van der Waals surface area contributed by atoms with Crippen molar-refractivity contribution >= 4 is 11.4 Å². The highest BCUT2D eigenvalue weighted by molar-refractivity contribution is 6.14. The molecule has 0 saturated carbocycles. The van der Waals surface area contributed by atoms with Gasteiger partial charge in [-0.25, -0.2) is 4.98 Å². The van der Waals surface area contributed by atoms with E-state index in [1.54, 1.807) is 30.5 Å². The maximum Gasteiger partial charge on any atom is 0.232 e. The highest BCUT2D eigenvalue weighted by atomic mass is 16.5. The molecule has 9 nitrogen and oxygen atoms in total. The van der Waals surface area contributed by atoms with Gasteiger partial charge in [-0.3, -0.25) is 5.41 Å². The van der Waals surface area contributed by atoms with Crippen LogP contribution in [-0.4, -0.2) is 40.2 Å². The van der Waals surface area contributed by atoms with Gasteiger partial charge in [0, 0.05) is 35.0 Å². The summed E-state index contributed by atoms with van der Waals surface area (Å²) in [5, 5.41) is 26.2. The number of aromatic nitrogens is 3. The van der Waals surface area contributed by atoms with E-state index in [0.717, 1.165) is 23.2 Å². The lowest BCUT2D eigenvalue weighted by Crippen LogP contribution is -2.17. The Morgan fingerprint density at radius 1 is 1.30 bits per heavy atom. The first-order valence-electron chi connectivity index (χ1n) is 10.5. The van der Waals surface area contributed by atoms with Crippen LogP contribution >= 0.6 is 0 Å². The third kappa shape index (κ3) is 4.91. The van der Waals surface area contributed by atoms with E-state index in [1.807, 2.05) is 13.8 Å². The minimum atomic E-state index is -0.123. The average molecular weight is 444 g/mol. The number of nitrogens with one attached hydrogen (secondary N) is 1. The predicted octanol–water partition coefficient (Wildman–Crippen LogP) is 3.11. The Hall–Kier alpha value is -4.03. The summed E-state index contributed by atoms with van der Waals surface area (Å²) < 4.78 is 17.1. The largest absolute Gasteiger partial charge is 0.489 e.